The van der Waals surface area contributed by atoms with E-state index in [1.807, 2.05) is 0 Å². The lowest BCUT2D eigenvalue weighted by atomic mass is 10.1. The van der Waals surface area contributed by atoms with Crippen LogP contribution in [-0.4, -0.2) is 50.2 Å². The Balaban J connectivity index is 1.82. The quantitative estimate of drug-likeness (QED) is 0.728. The van der Waals surface area contributed by atoms with E-state index in [0.29, 0.717) is 6.54 Å². The minimum atomic E-state index is -0.280. The molecule has 0 unspecified atom stereocenters. The van der Waals surface area contributed by atoms with E-state index in [9.17, 15) is 4.79 Å². The number of hydrogen-bond acceptors (Lipinski definition) is 3. The third kappa shape index (κ3) is 2.92. The van der Waals surface area contributed by atoms with Crippen LogP contribution in [0.1, 0.15) is 19.3 Å². The van der Waals surface area contributed by atoms with Gasteiger partial charge in [0.2, 0.25) is 0 Å². The molecule has 1 aliphatic carbocycles. The zero-order valence-corrected chi connectivity index (χ0v) is 9.53. The average Bonchev–Trinajstić information content (AvgIpc) is 3.01. The number of carbonyl (C=O) groups excluding carboxylic acids is 1. The van der Waals surface area contributed by atoms with Crippen LogP contribution < -0.4 is 5.32 Å². The van der Waals surface area contributed by atoms with Gasteiger partial charge in [-0.05, 0) is 12.3 Å². The van der Waals surface area contributed by atoms with Crippen LogP contribution in [0, 0.1) is 5.92 Å². The molecule has 86 valence electrons. The Morgan fingerprint density at radius 1 is 1.40 bits per heavy atom. The maximum atomic E-state index is 11.7. The number of rotatable bonds is 3. The lowest BCUT2D eigenvalue weighted by Gasteiger charge is -2.31. The van der Waals surface area contributed by atoms with Gasteiger partial charge in [-0.15, -0.1) is 0 Å². The molecule has 0 aromatic carbocycles. The van der Waals surface area contributed by atoms with E-state index in [2.05, 4.69) is 5.32 Å². The molecule has 0 aromatic rings. The van der Waals surface area contributed by atoms with Gasteiger partial charge in [-0.1, -0.05) is 12.8 Å². The van der Waals surface area contributed by atoms with Crippen molar-refractivity contribution in [3.05, 3.63) is 0 Å². The summed E-state index contributed by atoms with van der Waals surface area (Å²) in [4.78, 5) is 13.3. The highest BCUT2D eigenvalue weighted by Gasteiger charge is 2.32. The normalized spacial score (nSPS) is 31.3. The summed E-state index contributed by atoms with van der Waals surface area (Å²) in [6.07, 6.45) is 3.75. The van der Waals surface area contributed by atoms with E-state index >= 15 is 0 Å². The van der Waals surface area contributed by atoms with Gasteiger partial charge in [0.05, 0.1) is 6.10 Å². The van der Waals surface area contributed by atoms with E-state index in [-0.39, 0.29) is 18.1 Å². The molecular weight excluding hydrogens is 192 g/mol. The molecule has 1 saturated carbocycles. The Morgan fingerprint density at radius 2 is 2.13 bits per heavy atom. The zero-order chi connectivity index (χ0) is 10.8. The fourth-order valence-corrected chi connectivity index (χ4v) is 2.00. The molecule has 0 spiro atoms. The maximum absolute atomic E-state index is 11.7. The van der Waals surface area contributed by atoms with Crippen molar-refractivity contribution >= 4 is 5.91 Å². The molecular formula is C11H20N2O2. The summed E-state index contributed by atoms with van der Waals surface area (Å²) in [5, 5.41) is 3.28. The third-order valence-electron chi connectivity index (χ3n) is 3.07. The molecule has 1 heterocycles. The summed E-state index contributed by atoms with van der Waals surface area (Å²) < 4.78 is 5.81. The first-order valence-electron chi connectivity index (χ1n) is 5.74. The smallest absolute Gasteiger partial charge is 0.252 e. The second-order valence-electron chi connectivity index (χ2n) is 4.82. The Morgan fingerprint density at radius 3 is 2.73 bits per heavy atom. The Kier molecular flexibility index (Phi) is 3.26. The van der Waals surface area contributed by atoms with E-state index in [1.54, 1.807) is 19.0 Å². The first-order valence-corrected chi connectivity index (χ1v) is 5.74. The van der Waals surface area contributed by atoms with Crippen molar-refractivity contribution in [2.75, 3.05) is 27.2 Å². The third-order valence-corrected chi connectivity index (χ3v) is 3.07. The number of nitrogens with one attached hydrogen (secondary N) is 1. The SMILES string of the molecule is CN(C)C(=O)[C@@H]1CNC[C@H](CC2CC2)O1. The van der Waals surface area contributed by atoms with Crippen LogP contribution in [-0.2, 0) is 9.53 Å². The van der Waals surface area contributed by atoms with Crippen molar-refractivity contribution in [1.82, 2.24) is 10.2 Å². The second-order valence-corrected chi connectivity index (χ2v) is 4.82. The molecule has 2 rings (SSSR count). The molecule has 1 N–H and O–H groups in total. The maximum Gasteiger partial charge on any atom is 0.252 e. The fourth-order valence-electron chi connectivity index (χ4n) is 2.00. The van der Waals surface area contributed by atoms with Gasteiger partial charge in [0.25, 0.3) is 5.91 Å². The molecule has 2 fully saturated rings. The fraction of sp³-hybridized carbons (Fsp3) is 0.909. The van der Waals surface area contributed by atoms with Crippen molar-refractivity contribution in [2.45, 2.75) is 31.5 Å². The second kappa shape index (κ2) is 4.49. The van der Waals surface area contributed by atoms with Gasteiger partial charge < -0.3 is 15.0 Å². The van der Waals surface area contributed by atoms with E-state index in [0.717, 1.165) is 18.9 Å². The number of nitrogens with zero attached hydrogens (tertiary/aromatic N) is 1. The van der Waals surface area contributed by atoms with Crippen LogP contribution in [0.15, 0.2) is 0 Å². The van der Waals surface area contributed by atoms with Crippen molar-refractivity contribution in [1.29, 1.82) is 0 Å². The summed E-state index contributed by atoms with van der Waals surface area (Å²) in [5.41, 5.74) is 0. The van der Waals surface area contributed by atoms with Crippen molar-refractivity contribution in [3.63, 3.8) is 0 Å². The van der Waals surface area contributed by atoms with E-state index in [1.165, 1.54) is 12.8 Å². The van der Waals surface area contributed by atoms with Crippen LogP contribution in [0.4, 0.5) is 0 Å². The van der Waals surface area contributed by atoms with Crippen LogP contribution in [0.25, 0.3) is 0 Å². The molecule has 1 amide bonds. The molecule has 2 atom stereocenters. The minimum absolute atomic E-state index is 0.0722. The minimum Gasteiger partial charge on any atom is -0.362 e. The molecule has 0 aromatic heterocycles. The van der Waals surface area contributed by atoms with Gasteiger partial charge in [0, 0.05) is 27.2 Å². The number of morpholine rings is 1. The Bertz CT molecular complexity index is 239. The first-order chi connectivity index (χ1) is 7.16. The molecule has 1 aliphatic heterocycles. The zero-order valence-electron chi connectivity index (χ0n) is 9.53. The predicted octanol–water partition coefficient (Wildman–Crippen LogP) is 0.232. The van der Waals surface area contributed by atoms with Crippen LogP contribution >= 0.6 is 0 Å². The van der Waals surface area contributed by atoms with Gasteiger partial charge in [-0.25, -0.2) is 0 Å². The summed E-state index contributed by atoms with van der Waals surface area (Å²) in [7, 11) is 3.55. The highest BCUT2D eigenvalue weighted by molar-refractivity contribution is 5.80. The molecule has 1 saturated heterocycles. The highest BCUT2D eigenvalue weighted by Crippen LogP contribution is 2.34. The highest BCUT2D eigenvalue weighted by atomic mass is 16.5. The molecule has 0 bridgehead atoms. The number of carbonyl (C=O) groups is 1. The van der Waals surface area contributed by atoms with Gasteiger partial charge in [0.15, 0.2) is 0 Å². The van der Waals surface area contributed by atoms with E-state index < -0.39 is 0 Å². The molecule has 2 aliphatic rings. The van der Waals surface area contributed by atoms with Crippen LogP contribution in [0.3, 0.4) is 0 Å². The van der Waals surface area contributed by atoms with Crippen LogP contribution in [0.2, 0.25) is 0 Å². The topological polar surface area (TPSA) is 41.6 Å². The van der Waals surface area contributed by atoms with E-state index in [4.69, 9.17) is 4.74 Å². The molecule has 15 heavy (non-hydrogen) atoms. The average molecular weight is 212 g/mol. The number of amides is 1. The van der Waals surface area contributed by atoms with Gasteiger partial charge in [0.1, 0.15) is 6.10 Å². The monoisotopic (exact) mass is 212 g/mol. The number of likely N-dealkylation sites (N-methyl/N-ethyl adjacent to an activating group) is 1. The number of hydrogen-bond donors (Lipinski definition) is 1. The molecule has 4 nitrogen and oxygen atoms in total. The lowest BCUT2D eigenvalue weighted by molar-refractivity contribution is -0.148. The van der Waals surface area contributed by atoms with Gasteiger partial charge in [-0.3, -0.25) is 4.79 Å². The Labute approximate surface area is 91.0 Å². The van der Waals surface area contributed by atoms with Crippen molar-refractivity contribution in [2.24, 2.45) is 5.92 Å². The summed E-state index contributed by atoms with van der Waals surface area (Å²) in [5.74, 6) is 0.924. The molecule has 0 radical (unpaired) electrons. The van der Waals surface area contributed by atoms with Gasteiger partial charge in [-0.2, -0.15) is 0 Å². The lowest BCUT2D eigenvalue weighted by Crippen LogP contribution is -2.51. The molecule has 4 heteroatoms. The van der Waals surface area contributed by atoms with Crippen LogP contribution in [0.5, 0.6) is 0 Å². The standard InChI is InChI=1S/C11H20N2O2/c1-13(2)11(14)10-7-12-6-9(15-10)5-8-3-4-8/h8-10,12H,3-7H2,1-2H3/t9-,10-/m0/s1. The summed E-state index contributed by atoms with van der Waals surface area (Å²) >= 11 is 0. The first kappa shape index (κ1) is 10.9. The summed E-state index contributed by atoms with van der Waals surface area (Å²) in [6, 6.07) is 0. The van der Waals surface area contributed by atoms with Gasteiger partial charge >= 0.3 is 0 Å². The number of ether oxygens (including phenoxy) is 1. The largest absolute Gasteiger partial charge is 0.362 e. The van der Waals surface area contributed by atoms with Crippen molar-refractivity contribution < 1.29 is 9.53 Å². The van der Waals surface area contributed by atoms with Crippen molar-refractivity contribution in [3.8, 4) is 0 Å². The summed E-state index contributed by atoms with van der Waals surface area (Å²) in [6.45, 7) is 1.55. The predicted molar refractivity (Wildman–Crippen MR) is 57.6 cm³/mol. The Hall–Kier alpha value is -0.610.